The second-order valence-corrected chi connectivity index (χ2v) is 8.09. The van der Waals surface area contributed by atoms with Crippen molar-refractivity contribution in [3.63, 3.8) is 0 Å². The molecular weight excluding hydrogens is 382 g/mol. The predicted molar refractivity (Wildman–Crippen MR) is 116 cm³/mol. The van der Waals surface area contributed by atoms with E-state index in [1.165, 1.54) is 11.3 Å². The molecule has 0 saturated carbocycles. The molecule has 0 spiro atoms. The van der Waals surface area contributed by atoms with Gasteiger partial charge in [0.25, 0.3) is 5.56 Å². The van der Waals surface area contributed by atoms with Gasteiger partial charge in [-0.3, -0.25) is 9.36 Å². The van der Waals surface area contributed by atoms with E-state index in [2.05, 4.69) is 11.1 Å². The normalized spacial score (nSPS) is 10.8. The van der Waals surface area contributed by atoms with Crippen molar-refractivity contribution >= 4 is 21.6 Å². The van der Waals surface area contributed by atoms with Crippen LogP contribution in [0.5, 0.6) is 5.75 Å². The molecule has 0 radical (unpaired) electrons. The monoisotopic (exact) mass is 401 g/mol. The largest absolute Gasteiger partial charge is 0.496 e. The lowest BCUT2D eigenvalue weighted by atomic mass is 10.0. The van der Waals surface area contributed by atoms with Crippen LogP contribution in [0, 0.1) is 25.2 Å². The molecule has 2 aromatic carbocycles. The van der Waals surface area contributed by atoms with Crippen molar-refractivity contribution in [1.82, 2.24) is 9.55 Å². The number of fused-ring (bicyclic) bond motifs is 1. The molecule has 0 bridgehead atoms. The maximum Gasteiger partial charge on any atom is 0.263 e. The van der Waals surface area contributed by atoms with Crippen molar-refractivity contribution in [2.24, 2.45) is 0 Å². The first kappa shape index (κ1) is 18.9. The summed E-state index contributed by atoms with van der Waals surface area (Å²) in [5.41, 5.74) is 4.31. The van der Waals surface area contributed by atoms with E-state index in [1.54, 1.807) is 30.1 Å². The molecule has 5 nitrogen and oxygen atoms in total. The van der Waals surface area contributed by atoms with Gasteiger partial charge in [-0.2, -0.15) is 5.26 Å². The number of nitrogens with zero attached hydrogens (tertiary/aromatic N) is 3. The number of hydrogen-bond donors (Lipinski definition) is 0. The minimum absolute atomic E-state index is 0.0785. The first-order chi connectivity index (χ1) is 14.0. The van der Waals surface area contributed by atoms with Gasteiger partial charge < -0.3 is 4.74 Å². The summed E-state index contributed by atoms with van der Waals surface area (Å²) >= 11 is 1.53. The van der Waals surface area contributed by atoms with Gasteiger partial charge >= 0.3 is 0 Å². The summed E-state index contributed by atoms with van der Waals surface area (Å²) in [6.45, 7) is 4.37. The lowest BCUT2D eigenvalue weighted by molar-refractivity contribution is 0.412. The number of benzene rings is 2. The van der Waals surface area contributed by atoms with E-state index in [4.69, 9.17) is 10.00 Å². The van der Waals surface area contributed by atoms with E-state index in [9.17, 15) is 4.79 Å². The van der Waals surface area contributed by atoms with Crippen molar-refractivity contribution in [2.75, 3.05) is 7.11 Å². The minimum Gasteiger partial charge on any atom is -0.496 e. The fourth-order valence-corrected chi connectivity index (χ4v) is 4.57. The quantitative estimate of drug-likeness (QED) is 0.498. The van der Waals surface area contributed by atoms with Gasteiger partial charge in [-0.1, -0.05) is 18.2 Å². The van der Waals surface area contributed by atoms with Crippen molar-refractivity contribution in [3.8, 4) is 22.9 Å². The zero-order valence-electron chi connectivity index (χ0n) is 16.4. The molecule has 4 aromatic rings. The van der Waals surface area contributed by atoms with Crippen LogP contribution < -0.4 is 10.3 Å². The highest BCUT2D eigenvalue weighted by molar-refractivity contribution is 7.19. The first-order valence-electron chi connectivity index (χ1n) is 9.14. The summed E-state index contributed by atoms with van der Waals surface area (Å²) in [6.07, 6.45) is 1.59. The van der Waals surface area contributed by atoms with E-state index >= 15 is 0 Å². The van der Waals surface area contributed by atoms with E-state index in [0.717, 1.165) is 37.7 Å². The zero-order valence-corrected chi connectivity index (χ0v) is 17.2. The second kappa shape index (κ2) is 7.53. The molecule has 0 aliphatic heterocycles. The van der Waals surface area contributed by atoms with E-state index in [1.807, 2.05) is 44.2 Å². The summed E-state index contributed by atoms with van der Waals surface area (Å²) in [5, 5.41) is 9.75. The number of hydrogen-bond acceptors (Lipinski definition) is 5. The van der Waals surface area contributed by atoms with Gasteiger partial charge in [0, 0.05) is 10.4 Å². The van der Waals surface area contributed by atoms with Crippen molar-refractivity contribution in [2.45, 2.75) is 20.4 Å². The number of aromatic nitrogens is 2. The number of aryl methyl sites for hydroxylation is 2. The summed E-state index contributed by atoms with van der Waals surface area (Å²) < 4.78 is 6.97. The molecule has 0 amide bonds. The molecule has 0 fully saturated rings. The average molecular weight is 401 g/mol. The molecule has 0 N–H and O–H groups in total. The fourth-order valence-electron chi connectivity index (χ4n) is 3.57. The van der Waals surface area contributed by atoms with Crippen LogP contribution in [0.3, 0.4) is 0 Å². The summed E-state index contributed by atoms with van der Waals surface area (Å²) in [7, 11) is 1.65. The SMILES string of the molecule is COc1ccc(-c2c(C)sc3ncn(Cc4cccc(C#N)c4)c(=O)c23)cc1C. The third kappa shape index (κ3) is 3.41. The number of rotatable bonds is 4. The van der Waals surface area contributed by atoms with Crippen molar-refractivity contribution in [3.05, 3.63) is 80.7 Å². The van der Waals surface area contributed by atoms with Crippen LogP contribution in [0.1, 0.15) is 21.6 Å². The Morgan fingerprint density at radius 2 is 2.03 bits per heavy atom. The third-order valence-electron chi connectivity index (χ3n) is 4.95. The number of thiophene rings is 1. The number of ether oxygens (including phenoxy) is 1. The van der Waals surface area contributed by atoms with Crippen molar-refractivity contribution < 1.29 is 4.74 Å². The molecule has 2 heterocycles. The molecule has 4 rings (SSSR count). The standard InChI is InChI=1S/C23H19N3O2S/c1-14-9-18(7-8-19(14)28-3)20-15(2)29-22-21(20)23(27)26(13-25-22)12-17-6-4-5-16(10-17)11-24/h4-10,13H,12H2,1-3H3. The Hall–Kier alpha value is -3.43. The predicted octanol–water partition coefficient (Wildman–Crippen LogP) is 4.67. The Morgan fingerprint density at radius 3 is 2.76 bits per heavy atom. The Labute approximate surface area is 172 Å². The summed E-state index contributed by atoms with van der Waals surface area (Å²) in [5.74, 6) is 0.818. The summed E-state index contributed by atoms with van der Waals surface area (Å²) in [4.78, 5) is 19.7. The van der Waals surface area contributed by atoms with Crippen LogP contribution >= 0.6 is 11.3 Å². The highest BCUT2D eigenvalue weighted by Gasteiger charge is 2.18. The maximum absolute atomic E-state index is 13.3. The zero-order chi connectivity index (χ0) is 20.5. The number of methoxy groups -OCH3 is 1. The highest BCUT2D eigenvalue weighted by atomic mass is 32.1. The smallest absolute Gasteiger partial charge is 0.263 e. The molecule has 0 aliphatic rings. The van der Waals surface area contributed by atoms with Gasteiger partial charge in [-0.25, -0.2) is 4.98 Å². The fraction of sp³-hybridized carbons (Fsp3) is 0.174. The molecule has 0 atom stereocenters. The molecule has 29 heavy (non-hydrogen) atoms. The van der Waals surface area contributed by atoms with E-state index < -0.39 is 0 Å². The van der Waals surface area contributed by atoms with Gasteiger partial charge in [0.1, 0.15) is 10.6 Å². The lowest BCUT2D eigenvalue weighted by Gasteiger charge is -2.09. The van der Waals surface area contributed by atoms with Crippen LogP contribution in [0.2, 0.25) is 0 Å². The Bertz CT molecular complexity index is 1330. The highest BCUT2D eigenvalue weighted by Crippen LogP contribution is 2.37. The van der Waals surface area contributed by atoms with Crippen LogP contribution in [-0.2, 0) is 6.54 Å². The van der Waals surface area contributed by atoms with E-state index in [-0.39, 0.29) is 5.56 Å². The third-order valence-corrected chi connectivity index (χ3v) is 5.96. The Balaban J connectivity index is 1.86. The van der Waals surface area contributed by atoms with Gasteiger partial charge in [-0.05, 0) is 54.8 Å². The molecule has 0 aliphatic carbocycles. The number of nitriles is 1. The average Bonchev–Trinajstić information content (AvgIpc) is 3.07. The van der Waals surface area contributed by atoms with Gasteiger partial charge in [0.2, 0.25) is 0 Å². The van der Waals surface area contributed by atoms with Crippen LogP contribution in [0.4, 0.5) is 0 Å². The minimum atomic E-state index is -0.0785. The Kier molecular flexibility index (Phi) is 4.91. The second-order valence-electron chi connectivity index (χ2n) is 6.89. The molecule has 144 valence electrons. The van der Waals surface area contributed by atoms with E-state index in [0.29, 0.717) is 17.5 Å². The van der Waals surface area contributed by atoms with Gasteiger partial charge in [0.15, 0.2) is 0 Å². The summed E-state index contributed by atoms with van der Waals surface area (Å²) in [6, 6.07) is 15.4. The topological polar surface area (TPSA) is 67.9 Å². The molecule has 6 heteroatoms. The van der Waals surface area contributed by atoms with Crippen LogP contribution in [0.15, 0.2) is 53.6 Å². The van der Waals surface area contributed by atoms with Gasteiger partial charge in [0.05, 0.1) is 37.0 Å². The lowest BCUT2D eigenvalue weighted by Crippen LogP contribution is -2.21. The van der Waals surface area contributed by atoms with Crippen molar-refractivity contribution in [1.29, 1.82) is 5.26 Å². The van der Waals surface area contributed by atoms with Gasteiger partial charge in [-0.15, -0.1) is 11.3 Å². The van der Waals surface area contributed by atoms with Crippen LogP contribution in [0.25, 0.3) is 21.3 Å². The maximum atomic E-state index is 13.3. The molecular formula is C23H19N3O2S. The molecule has 0 saturated heterocycles. The Morgan fingerprint density at radius 1 is 1.21 bits per heavy atom. The first-order valence-corrected chi connectivity index (χ1v) is 9.96. The van der Waals surface area contributed by atoms with Crippen LogP contribution in [-0.4, -0.2) is 16.7 Å². The molecule has 0 unspecified atom stereocenters. The molecule has 2 aromatic heterocycles.